The van der Waals surface area contributed by atoms with Gasteiger partial charge in [0.1, 0.15) is 23.2 Å². The maximum atomic E-state index is 14.5. The summed E-state index contributed by atoms with van der Waals surface area (Å²) < 4.78 is 25.1. The number of nitrogens with zero attached hydrogens (tertiary/aromatic N) is 1. The van der Waals surface area contributed by atoms with Crippen LogP contribution < -0.4 is 5.73 Å². The predicted octanol–water partition coefficient (Wildman–Crippen LogP) is 3.90. The molecule has 0 spiro atoms. The first kappa shape index (κ1) is 18.8. The van der Waals surface area contributed by atoms with Crippen LogP contribution >= 0.6 is 11.6 Å². The Morgan fingerprint density at radius 3 is 2.76 bits per heavy atom. The summed E-state index contributed by atoms with van der Waals surface area (Å²) in [5.74, 6) is -2.30. The van der Waals surface area contributed by atoms with Gasteiger partial charge in [0.05, 0.1) is 18.1 Å². The third kappa shape index (κ3) is 3.62. The fraction of sp³-hybridized carbons (Fsp3) is 0.333. The molecule has 0 radical (unpaired) electrons. The Kier molecular flexibility index (Phi) is 6.05. The predicted molar refractivity (Wildman–Crippen MR) is 90.6 cm³/mol. The first-order valence-corrected chi connectivity index (χ1v) is 8.25. The van der Waals surface area contributed by atoms with Crippen LogP contribution in [0.15, 0.2) is 41.0 Å². The fourth-order valence-corrected chi connectivity index (χ4v) is 3.01. The molecule has 0 amide bonds. The number of rotatable bonds is 5. The Bertz CT molecular complexity index is 776. The minimum atomic E-state index is -1.08. The van der Waals surface area contributed by atoms with Gasteiger partial charge in [-0.15, -0.1) is 0 Å². The van der Waals surface area contributed by atoms with E-state index in [9.17, 15) is 14.4 Å². The molecule has 1 aromatic rings. The highest BCUT2D eigenvalue weighted by molar-refractivity contribution is 6.31. The van der Waals surface area contributed by atoms with Gasteiger partial charge in [0.2, 0.25) is 5.88 Å². The molecule has 25 heavy (non-hydrogen) atoms. The molecule has 1 heterocycles. The lowest BCUT2D eigenvalue weighted by molar-refractivity contribution is -0.139. The Hall–Kier alpha value is -2.52. The van der Waals surface area contributed by atoms with Crippen LogP contribution in [0.4, 0.5) is 4.39 Å². The second-order valence-electron chi connectivity index (χ2n) is 5.37. The monoisotopic (exact) mass is 364 g/mol. The molecule has 2 rings (SSSR count). The number of benzene rings is 1. The van der Waals surface area contributed by atoms with E-state index < -0.39 is 17.7 Å². The number of carbonyl (C=O) groups is 1. The smallest absolute Gasteiger partial charge is 0.338 e. The number of nitriles is 1. The van der Waals surface area contributed by atoms with Crippen molar-refractivity contribution in [3.05, 3.63) is 57.4 Å². The molecule has 1 aromatic carbocycles. The van der Waals surface area contributed by atoms with Gasteiger partial charge in [-0.2, -0.15) is 5.26 Å². The van der Waals surface area contributed by atoms with Crippen molar-refractivity contribution in [1.82, 2.24) is 0 Å². The molecule has 1 aliphatic rings. The lowest BCUT2D eigenvalue weighted by Crippen LogP contribution is -2.27. The van der Waals surface area contributed by atoms with Crippen molar-refractivity contribution in [2.24, 2.45) is 5.73 Å². The Morgan fingerprint density at radius 2 is 2.20 bits per heavy atom. The first-order valence-electron chi connectivity index (χ1n) is 7.87. The highest BCUT2D eigenvalue weighted by Gasteiger charge is 2.39. The molecule has 1 unspecified atom stereocenters. The van der Waals surface area contributed by atoms with Crippen LogP contribution in [0.3, 0.4) is 0 Å². The van der Waals surface area contributed by atoms with Gasteiger partial charge in [-0.1, -0.05) is 24.6 Å². The number of allylic oxidation sites excluding steroid dienone is 2. The van der Waals surface area contributed by atoms with E-state index in [1.807, 2.05) is 13.0 Å². The standard InChI is InChI=1S/C18H18ClFN2O3/c1-3-6-13-16(18(23)24-4-2)14(10(9-21)17(22)25-13)15-11(19)7-5-8-12(15)20/h5,7-8,14H,3-4,6,22H2,1-2H3. The average Bonchev–Trinajstić information content (AvgIpc) is 2.55. The zero-order chi connectivity index (χ0) is 18.6. The fourth-order valence-electron chi connectivity index (χ4n) is 2.74. The number of ether oxygens (including phenoxy) is 2. The van der Waals surface area contributed by atoms with E-state index in [0.29, 0.717) is 12.8 Å². The van der Waals surface area contributed by atoms with Crippen molar-refractivity contribution in [3.63, 3.8) is 0 Å². The van der Waals surface area contributed by atoms with Crippen LogP contribution in [-0.2, 0) is 14.3 Å². The van der Waals surface area contributed by atoms with Crippen molar-refractivity contribution in [2.45, 2.75) is 32.6 Å². The van der Waals surface area contributed by atoms with E-state index in [1.54, 1.807) is 6.92 Å². The Morgan fingerprint density at radius 1 is 1.48 bits per heavy atom. The number of halogens is 2. The number of hydrogen-bond acceptors (Lipinski definition) is 5. The van der Waals surface area contributed by atoms with Crippen LogP contribution in [0.25, 0.3) is 0 Å². The topological polar surface area (TPSA) is 85.3 Å². The molecule has 5 nitrogen and oxygen atoms in total. The molecule has 2 N–H and O–H groups in total. The molecule has 0 bridgehead atoms. The van der Waals surface area contributed by atoms with Crippen molar-refractivity contribution in [3.8, 4) is 6.07 Å². The number of nitrogens with two attached hydrogens (primary N) is 1. The van der Waals surface area contributed by atoms with Crippen LogP contribution in [-0.4, -0.2) is 12.6 Å². The largest absolute Gasteiger partial charge is 0.463 e. The van der Waals surface area contributed by atoms with Crippen molar-refractivity contribution in [1.29, 1.82) is 5.26 Å². The third-order valence-corrected chi connectivity index (χ3v) is 4.09. The van der Waals surface area contributed by atoms with Gasteiger partial charge in [-0.3, -0.25) is 0 Å². The molecule has 132 valence electrons. The van der Waals surface area contributed by atoms with E-state index in [4.69, 9.17) is 26.8 Å². The molecule has 7 heteroatoms. The van der Waals surface area contributed by atoms with E-state index in [-0.39, 0.29) is 40.0 Å². The van der Waals surface area contributed by atoms with Gasteiger partial charge in [-0.05, 0) is 25.5 Å². The van der Waals surface area contributed by atoms with Crippen molar-refractivity contribution >= 4 is 17.6 Å². The number of esters is 1. The lowest BCUT2D eigenvalue weighted by atomic mass is 9.82. The minimum Gasteiger partial charge on any atom is -0.463 e. The molecule has 0 fully saturated rings. The third-order valence-electron chi connectivity index (χ3n) is 3.76. The molecule has 1 atom stereocenters. The second kappa shape index (κ2) is 8.04. The summed E-state index contributed by atoms with van der Waals surface area (Å²) in [6.45, 7) is 3.67. The lowest BCUT2D eigenvalue weighted by Gasteiger charge is -2.28. The molecule has 1 aliphatic heterocycles. The molecular weight excluding hydrogens is 347 g/mol. The van der Waals surface area contributed by atoms with Gasteiger partial charge < -0.3 is 15.2 Å². The van der Waals surface area contributed by atoms with E-state index in [1.165, 1.54) is 18.2 Å². The highest BCUT2D eigenvalue weighted by atomic mass is 35.5. The first-order chi connectivity index (χ1) is 12.0. The summed E-state index contributed by atoms with van der Waals surface area (Å²) in [6.07, 6.45) is 1.04. The van der Waals surface area contributed by atoms with Crippen molar-refractivity contribution in [2.75, 3.05) is 6.61 Å². The van der Waals surface area contributed by atoms with E-state index >= 15 is 0 Å². The maximum absolute atomic E-state index is 14.5. The van der Waals surface area contributed by atoms with Gasteiger partial charge in [0, 0.05) is 17.0 Å². The molecule has 0 saturated carbocycles. The quantitative estimate of drug-likeness (QED) is 0.801. The second-order valence-corrected chi connectivity index (χ2v) is 5.77. The van der Waals surface area contributed by atoms with Gasteiger partial charge >= 0.3 is 5.97 Å². The zero-order valence-electron chi connectivity index (χ0n) is 13.9. The number of hydrogen-bond donors (Lipinski definition) is 1. The van der Waals surface area contributed by atoms with E-state index in [0.717, 1.165) is 0 Å². The van der Waals surface area contributed by atoms with Gasteiger partial charge in [0.15, 0.2) is 0 Å². The Balaban J connectivity index is 2.76. The molecule has 0 aromatic heterocycles. The van der Waals surface area contributed by atoms with Crippen molar-refractivity contribution < 1.29 is 18.7 Å². The van der Waals surface area contributed by atoms with E-state index in [2.05, 4.69) is 0 Å². The minimum absolute atomic E-state index is 0.00335. The normalized spacial score (nSPS) is 17.2. The maximum Gasteiger partial charge on any atom is 0.338 e. The summed E-state index contributed by atoms with van der Waals surface area (Å²) >= 11 is 6.18. The summed E-state index contributed by atoms with van der Waals surface area (Å²) in [5.41, 5.74) is 5.84. The molecule has 0 aliphatic carbocycles. The summed E-state index contributed by atoms with van der Waals surface area (Å²) in [4.78, 5) is 12.6. The average molecular weight is 365 g/mol. The highest BCUT2D eigenvalue weighted by Crippen LogP contribution is 2.44. The summed E-state index contributed by atoms with van der Waals surface area (Å²) in [5, 5.41) is 9.60. The van der Waals surface area contributed by atoms with Crippen LogP contribution in [0.1, 0.15) is 38.2 Å². The summed E-state index contributed by atoms with van der Waals surface area (Å²) in [6, 6.07) is 6.05. The van der Waals surface area contributed by atoms with Gasteiger partial charge in [-0.25, -0.2) is 9.18 Å². The van der Waals surface area contributed by atoms with Crippen LogP contribution in [0.5, 0.6) is 0 Å². The van der Waals surface area contributed by atoms with Gasteiger partial charge in [0.25, 0.3) is 0 Å². The Labute approximate surface area is 150 Å². The molecule has 0 saturated heterocycles. The molecular formula is C18H18ClFN2O3. The van der Waals surface area contributed by atoms with Crippen LogP contribution in [0.2, 0.25) is 5.02 Å². The summed E-state index contributed by atoms with van der Waals surface area (Å²) in [7, 11) is 0. The number of carbonyl (C=O) groups excluding carboxylic acids is 1. The SMILES string of the molecule is CCCC1=C(C(=O)OCC)C(c2c(F)cccc2Cl)C(C#N)=C(N)O1. The van der Waals surface area contributed by atoms with Crippen LogP contribution in [0, 0.1) is 17.1 Å². The zero-order valence-corrected chi connectivity index (χ0v) is 14.7.